The number of hydrogen-bond acceptors (Lipinski definition) is 5. The van der Waals surface area contributed by atoms with Crippen LogP contribution in [0.5, 0.6) is 11.5 Å². The summed E-state index contributed by atoms with van der Waals surface area (Å²) in [5, 5.41) is 3.43. The molecule has 0 aliphatic carbocycles. The summed E-state index contributed by atoms with van der Waals surface area (Å²) < 4.78 is 32.4. The standard InChI is InChI=1S/C29H34ClN3O5S/c1-21(28(35)31-29(2,3)4)32(19-22-11-13-23(30)14-12-22)27(34)20-33(39(5,36)37)24-15-17-26(18-16-24)38-25-9-7-6-8-10-25/h6-18,21H,19-20H2,1-5H3,(H,31,35). The molecule has 1 atom stereocenters. The number of benzene rings is 3. The van der Waals surface area contributed by atoms with Crippen LogP contribution in [0.15, 0.2) is 78.9 Å². The molecule has 0 bridgehead atoms. The summed E-state index contributed by atoms with van der Waals surface area (Å²) >= 11 is 6.01. The van der Waals surface area contributed by atoms with E-state index in [2.05, 4.69) is 5.32 Å². The minimum Gasteiger partial charge on any atom is -0.457 e. The van der Waals surface area contributed by atoms with Crippen molar-refractivity contribution in [2.45, 2.75) is 45.8 Å². The van der Waals surface area contributed by atoms with E-state index in [9.17, 15) is 18.0 Å². The molecule has 3 aromatic rings. The number of anilines is 1. The Kier molecular flexibility index (Phi) is 9.63. The monoisotopic (exact) mass is 571 g/mol. The van der Waals surface area contributed by atoms with Crippen molar-refractivity contribution in [1.29, 1.82) is 0 Å². The molecule has 0 fully saturated rings. The maximum Gasteiger partial charge on any atom is 0.244 e. The van der Waals surface area contributed by atoms with E-state index >= 15 is 0 Å². The first-order valence-electron chi connectivity index (χ1n) is 12.4. The van der Waals surface area contributed by atoms with Crippen LogP contribution in [-0.4, -0.2) is 49.5 Å². The van der Waals surface area contributed by atoms with E-state index in [1.165, 1.54) is 4.90 Å². The van der Waals surface area contributed by atoms with E-state index in [0.29, 0.717) is 22.2 Å². The van der Waals surface area contributed by atoms with Crippen LogP contribution in [0.25, 0.3) is 0 Å². The zero-order valence-electron chi connectivity index (χ0n) is 22.7. The van der Waals surface area contributed by atoms with Crippen molar-refractivity contribution >= 4 is 39.1 Å². The Bertz CT molecular complexity index is 1370. The lowest BCUT2D eigenvalue weighted by molar-refractivity contribution is -0.140. The second kappa shape index (κ2) is 12.5. The van der Waals surface area contributed by atoms with Gasteiger partial charge in [-0.15, -0.1) is 0 Å². The number of ether oxygens (including phenoxy) is 1. The molecule has 10 heteroatoms. The molecule has 208 valence electrons. The normalized spacial score (nSPS) is 12.4. The van der Waals surface area contributed by atoms with E-state index in [0.717, 1.165) is 16.1 Å². The number of para-hydroxylation sites is 1. The van der Waals surface area contributed by atoms with Crippen molar-refractivity contribution < 1.29 is 22.7 Å². The van der Waals surface area contributed by atoms with Gasteiger partial charge in [-0.2, -0.15) is 0 Å². The van der Waals surface area contributed by atoms with Crippen LogP contribution in [-0.2, 0) is 26.2 Å². The van der Waals surface area contributed by atoms with E-state index in [-0.39, 0.29) is 12.5 Å². The molecule has 0 heterocycles. The predicted molar refractivity (Wildman–Crippen MR) is 155 cm³/mol. The van der Waals surface area contributed by atoms with Gasteiger partial charge in [-0.3, -0.25) is 13.9 Å². The van der Waals surface area contributed by atoms with Crippen molar-refractivity contribution in [3.8, 4) is 11.5 Å². The zero-order chi connectivity index (χ0) is 28.8. The van der Waals surface area contributed by atoms with E-state index in [4.69, 9.17) is 16.3 Å². The summed E-state index contributed by atoms with van der Waals surface area (Å²) in [6.45, 7) is 6.77. The number of amides is 2. The molecule has 2 amide bonds. The minimum absolute atomic E-state index is 0.0934. The minimum atomic E-state index is -3.84. The van der Waals surface area contributed by atoms with Crippen molar-refractivity contribution in [2.75, 3.05) is 17.1 Å². The molecule has 0 saturated heterocycles. The quantitative estimate of drug-likeness (QED) is 0.359. The molecule has 3 aromatic carbocycles. The Morgan fingerprint density at radius 1 is 0.923 bits per heavy atom. The van der Waals surface area contributed by atoms with Gasteiger partial charge in [0.15, 0.2) is 0 Å². The number of nitrogens with zero attached hydrogens (tertiary/aromatic N) is 2. The largest absolute Gasteiger partial charge is 0.457 e. The number of carbonyl (C=O) groups excluding carboxylic acids is 2. The zero-order valence-corrected chi connectivity index (χ0v) is 24.3. The third-order valence-corrected chi connectivity index (χ3v) is 7.11. The molecule has 0 aromatic heterocycles. The topological polar surface area (TPSA) is 96.0 Å². The maximum atomic E-state index is 13.7. The molecular weight excluding hydrogens is 538 g/mol. The summed E-state index contributed by atoms with van der Waals surface area (Å²) in [5.41, 5.74) is 0.531. The molecule has 0 aliphatic rings. The van der Waals surface area contributed by atoms with Crippen LogP contribution in [0.1, 0.15) is 33.3 Å². The molecule has 8 nitrogen and oxygen atoms in total. The number of rotatable bonds is 10. The Labute approximate surface area is 235 Å². The first-order chi connectivity index (χ1) is 18.2. The van der Waals surface area contributed by atoms with Gasteiger partial charge in [0, 0.05) is 17.1 Å². The van der Waals surface area contributed by atoms with Gasteiger partial charge in [0.05, 0.1) is 11.9 Å². The van der Waals surface area contributed by atoms with Crippen LogP contribution in [0.4, 0.5) is 5.69 Å². The van der Waals surface area contributed by atoms with Gasteiger partial charge in [-0.25, -0.2) is 8.42 Å². The first kappa shape index (κ1) is 30.0. The van der Waals surface area contributed by atoms with E-state index in [1.54, 1.807) is 55.5 Å². The molecule has 0 spiro atoms. The lowest BCUT2D eigenvalue weighted by Crippen LogP contribution is -2.54. The van der Waals surface area contributed by atoms with Crippen molar-refractivity contribution in [3.05, 3.63) is 89.4 Å². The Balaban J connectivity index is 1.87. The Morgan fingerprint density at radius 3 is 2.03 bits per heavy atom. The molecule has 0 radical (unpaired) electrons. The number of carbonyl (C=O) groups is 2. The first-order valence-corrected chi connectivity index (χ1v) is 14.6. The fourth-order valence-electron chi connectivity index (χ4n) is 3.76. The fourth-order valence-corrected chi connectivity index (χ4v) is 4.74. The third kappa shape index (κ3) is 9.01. The summed E-state index contributed by atoms with van der Waals surface area (Å²) in [4.78, 5) is 28.0. The van der Waals surface area contributed by atoms with Crippen LogP contribution >= 0.6 is 11.6 Å². The highest BCUT2D eigenvalue weighted by Crippen LogP contribution is 2.26. The van der Waals surface area contributed by atoms with Gasteiger partial charge in [-0.1, -0.05) is 41.9 Å². The summed E-state index contributed by atoms with van der Waals surface area (Å²) in [6, 6.07) is 21.7. The van der Waals surface area contributed by atoms with Crippen molar-refractivity contribution in [2.24, 2.45) is 0 Å². The summed E-state index contributed by atoms with van der Waals surface area (Å²) in [6.07, 6.45) is 1.04. The van der Waals surface area contributed by atoms with Crippen molar-refractivity contribution in [3.63, 3.8) is 0 Å². The number of hydrogen-bond donors (Lipinski definition) is 1. The van der Waals surface area contributed by atoms with Gasteiger partial charge in [0.1, 0.15) is 24.1 Å². The van der Waals surface area contributed by atoms with Gasteiger partial charge in [0.2, 0.25) is 21.8 Å². The van der Waals surface area contributed by atoms with Crippen LogP contribution in [0.2, 0.25) is 5.02 Å². The second-order valence-corrected chi connectivity index (χ2v) is 12.6. The van der Waals surface area contributed by atoms with Gasteiger partial charge < -0.3 is 15.0 Å². The van der Waals surface area contributed by atoms with E-state index in [1.807, 2.05) is 51.1 Å². The van der Waals surface area contributed by atoms with Crippen LogP contribution in [0.3, 0.4) is 0 Å². The Morgan fingerprint density at radius 2 is 1.49 bits per heavy atom. The molecule has 1 unspecified atom stereocenters. The van der Waals surface area contributed by atoms with Crippen molar-refractivity contribution in [1.82, 2.24) is 10.2 Å². The highest BCUT2D eigenvalue weighted by atomic mass is 35.5. The van der Waals surface area contributed by atoms with Gasteiger partial charge in [-0.05, 0) is 81.8 Å². The highest BCUT2D eigenvalue weighted by Gasteiger charge is 2.31. The summed E-state index contributed by atoms with van der Waals surface area (Å²) in [5.74, 6) is 0.275. The molecular formula is C29H34ClN3O5S. The van der Waals surface area contributed by atoms with Crippen LogP contribution < -0.4 is 14.4 Å². The lowest BCUT2D eigenvalue weighted by atomic mass is 10.1. The molecule has 0 aliphatic heterocycles. The predicted octanol–water partition coefficient (Wildman–Crippen LogP) is 5.23. The molecule has 0 saturated carbocycles. The smallest absolute Gasteiger partial charge is 0.244 e. The molecule has 3 rings (SSSR count). The summed E-state index contributed by atoms with van der Waals surface area (Å²) in [7, 11) is -3.84. The molecule has 1 N–H and O–H groups in total. The maximum absolute atomic E-state index is 13.7. The van der Waals surface area contributed by atoms with Gasteiger partial charge in [0.25, 0.3) is 0 Å². The molecule has 39 heavy (non-hydrogen) atoms. The average molecular weight is 572 g/mol. The Hall–Kier alpha value is -3.56. The average Bonchev–Trinajstić information content (AvgIpc) is 2.86. The third-order valence-electron chi connectivity index (χ3n) is 5.71. The number of nitrogens with one attached hydrogen (secondary N) is 1. The lowest BCUT2D eigenvalue weighted by Gasteiger charge is -2.33. The number of halogens is 1. The van der Waals surface area contributed by atoms with Crippen LogP contribution in [0, 0.1) is 0 Å². The number of sulfonamides is 1. The van der Waals surface area contributed by atoms with Gasteiger partial charge >= 0.3 is 0 Å². The fraction of sp³-hybridized carbons (Fsp3) is 0.310. The van der Waals surface area contributed by atoms with E-state index < -0.39 is 34.1 Å². The SMILES string of the molecule is CC(C(=O)NC(C)(C)C)N(Cc1ccc(Cl)cc1)C(=O)CN(c1ccc(Oc2ccccc2)cc1)S(C)(=O)=O. The highest BCUT2D eigenvalue weighted by molar-refractivity contribution is 7.92. The second-order valence-electron chi connectivity index (χ2n) is 10.2.